The number of rotatable bonds is 5. The van der Waals surface area contributed by atoms with Crippen molar-refractivity contribution in [3.63, 3.8) is 0 Å². The van der Waals surface area contributed by atoms with Gasteiger partial charge in [0.05, 0.1) is 6.10 Å². The van der Waals surface area contributed by atoms with Crippen LogP contribution in [0.4, 0.5) is 0 Å². The molecule has 2 fully saturated rings. The molecule has 29 heavy (non-hydrogen) atoms. The monoisotopic (exact) mass is 397 g/mol. The van der Waals surface area contributed by atoms with Crippen LogP contribution in [-0.4, -0.2) is 84.2 Å². The van der Waals surface area contributed by atoms with E-state index in [-0.39, 0.29) is 6.10 Å². The number of aliphatic imine (C=N–C) groups is 1. The van der Waals surface area contributed by atoms with Crippen LogP contribution in [0.25, 0.3) is 0 Å². The van der Waals surface area contributed by atoms with Crippen LogP contribution in [0.1, 0.15) is 30.4 Å². The SMILES string of the molecule is CN=C(NCc1ccc(CN2CCC(O)CC2)cc1)N1CCC(N2CC=CC2)C1. The molecule has 2 saturated heterocycles. The van der Waals surface area contributed by atoms with Crippen molar-refractivity contribution < 1.29 is 5.11 Å². The van der Waals surface area contributed by atoms with Crippen LogP contribution in [0.5, 0.6) is 0 Å². The van der Waals surface area contributed by atoms with E-state index in [1.165, 1.54) is 17.5 Å². The number of nitrogens with zero attached hydrogens (tertiary/aromatic N) is 4. The summed E-state index contributed by atoms with van der Waals surface area (Å²) in [5.41, 5.74) is 2.62. The second kappa shape index (κ2) is 9.74. The fourth-order valence-electron chi connectivity index (χ4n) is 4.64. The highest BCUT2D eigenvalue weighted by Crippen LogP contribution is 2.18. The quantitative estimate of drug-likeness (QED) is 0.450. The molecular formula is C23H35N5O. The number of likely N-dealkylation sites (tertiary alicyclic amines) is 2. The second-order valence-electron chi connectivity index (χ2n) is 8.54. The Morgan fingerprint density at radius 3 is 2.41 bits per heavy atom. The summed E-state index contributed by atoms with van der Waals surface area (Å²) in [6.45, 7) is 8.08. The summed E-state index contributed by atoms with van der Waals surface area (Å²) in [4.78, 5) is 11.9. The van der Waals surface area contributed by atoms with Gasteiger partial charge in [-0.05, 0) is 30.4 Å². The van der Waals surface area contributed by atoms with E-state index in [1.807, 2.05) is 7.05 Å². The van der Waals surface area contributed by atoms with Crippen LogP contribution in [0.15, 0.2) is 41.4 Å². The van der Waals surface area contributed by atoms with E-state index < -0.39 is 0 Å². The van der Waals surface area contributed by atoms with Crippen molar-refractivity contribution >= 4 is 5.96 Å². The van der Waals surface area contributed by atoms with E-state index in [9.17, 15) is 5.11 Å². The maximum Gasteiger partial charge on any atom is 0.193 e. The van der Waals surface area contributed by atoms with Gasteiger partial charge in [0.1, 0.15) is 0 Å². The standard InChI is InChI=1S/C23H35N5O/c1-24-23(28-15-8-21(18-28)27-11-2-3-12-27)25-16-19-4-6-20(7-5-19)17-26-13-9-22(29)10-14-26/h2-7,21-22,29H,8-18H2,1H3,(H,24,25). The summed E-state index contributed by atoms with van der Waals surface area (Å²) in [6, 6.07) is 9.54. The number of piperidine rings is 1. The molecule has 158 valence electrons. The van der Waals surface area contributed by atoms with Crippen LogP contribution in [0, 0.1) is 0 Å². The molecule has 0 aromatic heterocycles. The van der Waals surface area contributed by atoms with Crippen LogP contribution >= 0.6 is 0 Å². The highest BCUT2D eigenvalue weighted by Gasteiger charge is 2.29. The lowest BCUT2D eigenvalue weighted by atomic mass is 10.1. The third kappa shape index (κ3) is 5.38. The summed E-state index contributed by atoms with van der Waals surface area (Å²) in [6.07, 6.45) is 7.44. The highest BCUT2D eigenvalue weighted by atomic mass is 16.3. The molecule has 0 bridgehead atoms. The number of hydrogen-bond acceptors (Lipinski definition) is 4. The Hall–Kier alpha value is -1.89. The van der Waals surface area contributed by atoms with Gasteiger partial charge in [-0.2, -0.15) is 0 Å². The molecule has 1 aromatic rings. The first kappa shape index (κ1) is 20.4. The highest BCUT2D eigenvalue weighted by molar-refractivity contribution is 5.80. The molecule has 3 heterocycles. The molecule has 4 rings (SSSR count). The first-order valence-corrected chi connectivity index (χ1v) is 11.0. The Bertz CT molecular complexity index is 700. The zero-order valence-electron chi connectivity index (χ0n) is 17.6. The summed E-state index contributed by atoms with van der Waals surface area (Å²) < 4.78 is 0. The van der Waals surface area contributed by atoms with Crippen molar-refractivity contribution in [3.05, 3.63) is 47.5 Å². The summed E-state index contributed by atoms with van der Waals surface area (Å²) in [5, 5.41) is 13.2. The fourth-order valence-corrected chi connectivity index (χ4v) is 4.64. The summed E-state index contributed by atoms with van der Waals surface area (Å²) in [5.74, 6) is 1.01. The number of benzene rings is 1. The molecule has 0 saturated carbocycles. The van der Waals surface area contributed by atoms with Gasteiger partial charge in [-0.3, -0.25) is 14.8 Å². The zero-order valence-corrected chi connectivity index (χ0v) is 17.6. The molecule has 1 atom stereocenters. The molecule has 6 nitrogen and oxygen atoms in total. The van der Waals surface area contributed by atoms with Gasteiger partial charge in [0.25, 0.3) is 0 Å². The zero-order chi connectivity index (χ0) is 20.1. The van der Waals surface area contributed by atoms with E-state index in [4.69, 9.17) is 0 Å². The van der Waals surface area contributed by atoms with Crippen molar-refractivity contribution in [1.29, 1.82) is 0 Å². The van der Waals surface area contributed by atoms with Gasteiger partial charge in [-0.15, -0.1) is 0 Å². The van der Waals surface area contributed by atoms with Crippen molar-refractivity contribution in [2.24, 2.45) is 4.99 Å². The van der Waals surface area contributed by atoms with Crippen LogP contribution in [0.3, 0.4) is 0 Å². The maximum atomic E-state index is 9.65. The van der Waals surface area contributed by atoms with Crippen molar-refractivity contribution in [1.82, 2.24) is 20.0 Å². The van der Waals surface area contributed by atoms with E-state index in [0.717, 1.165) is 71.2 Å². The second-order valence-corrected chi connectivity index (χ2v) is 8.54. The molecule has 1 unspecified atom stereocenters. The van der Waals surface area contributed by atoms with Crippen molar-refractivity contribution in [3.8, 4) is 0 Å². The van der Waals surface area contributed by atoms with Gasteiger partial charge in [0.15, 0.2) is 5.96 Å². The number of aliphatic hydroxyl groups is 1. The van der Waals surface area contributed by atoms with Gasteiger partial charge in [-0.1, -0.05) is 36.4 Å². The van der Waals surface area contributed by atoms with Gasteiger partial charge in [0, 0.05) is 65.4 Å². The predicted octanol–water partition coefficient (Wildman–Crippen LogP) is 1.66. The van der Waals surface area contributed by atoms with Gasteiger partial charge in [0.2, 0.25) is 0 Å². The first-order valence-electron chi connectivity index (χ1n) is 11.0. The lowest BCUT2D eigenvalue weighted by Crippen LogP contribution is -2.42. The molecule has 0 amide bonds. The third-order valence-electron chi connectivity index (χ3n) is 6.47. The molecule has 3 aliphatic heterocycles. The van der Waals surface area contributed by atoms with Gasteiger partial charge >= 0.3 is 0 Å². The molecule has 0 radical (unpaired) electrons. The Morgan fingerprint density at radius 2 is 1.72 bits per heavy atom. The van der Waals surface area contributed by atoms with Crippen molar-refractivity contribution in [2.75, 3.05) is 46.3 Å². The van der Waals surface area contributed by atoms with E-state index in [0.29, 0.717) is 6.04 Å². The summed E-state index contributed by atoms with van der Waals surface area (Å²) in [7, 11) is 1.88. The molecule has 6 heteroatoms. The fraction of sp³-hybridized carbons (Fsp3) is 0.609. The lowest BCUT2D eigenvalue weighted by Gasteiger charge is -2.29. The van der Waals surface area contributed by atoms with Gasteiger partial charge in [-0.25, -0.2) is 0 Å². The molecule has 1 aromatic carbocycles. The smallest absolute Gasteiger partial charge is 0.193 e. The van der Waals surface area contributed by atoms with E-state index in [2.05, 4.69) is 61.4 Å². The normalized spacial score (nSPS) is 24.6. The molecule has 0 aliphatic carbocycles. The predicted molar refractivity (Wildman–Crippen MR) is 118 cm³/mol. The van der Waals surface area contributed by atoms with Gasteiger partial charge < -0.3 is 15.3 Å². The minimum Gasteiger partial charge on any atom is -0.393 e. The van der Waals surface area contributed by atoms with Crippen LogP contribution in [0.2, 0.25) is 0 Å². The number of hydrogen-bond donors (Lipinski definition) is 2. The topological polar surface area (TPSA) is 54.3 Å². The van der Waals surface area contributed by atoms with Crippen molar-refractivity contribution in [2.45, 2.75) is 44.5 Å². The van der Waals surface area contributed by atoms with E-state index in [1.54, 1.807) is 0 Å². The number of guanidine groups is 1. The Morgan fingerprint density at radius 1 is 1.03 bits per heavy atom. The Labute approximate surface area is 174 Å². The lowest BCUT2D eigenvalue weighted by molar-refractivity contribution is 0.0792. The molecule has 3 aliphatic rings. The van der Waals surface area contributed by atoms with Crippen LogP contribution < -0.4 is 5.32 Å². The third-order valence-corrected chi connectivity index (χ3v) is 6.47. The average Bonchev–Trinajstić information content (AvgIpc) is 3.43. The Balaban J connectivity index is 1.23. The minimum atomic E-state index is -0.105. The number of aliphatic hydroxyl groups excluding tert-OH is 1. The van der Waals surface area contributed by atoms with Crippen LogP contribution in [-0.2, 0) is 13.1 Å². The summed E-state index contributed by atoms with van der Waals surface area (Å²) >= 11 is 0. The molecule has 2 N–H and O–H groups in total. The molecular weight excluding hydrogens is 362 g/mol. The largest absolute Gasteiger partial charge is 0.393 e. The minimum absolute atomic E-state index is 0.105. The maximum absolute atomic E-state index is 9.65. The first-order chi connectivity index (χ1) is 14.2. The molecule has 0 spiro atoms. The Kier molecular flexibility index (Phi) is 6.85. The average molecular weight is 398 g/mol. The van der Waals surface area contributed by atoms with E-state index >= 15 is 0 Å². The number of nitrogens with one attached hydrogen (secondary N) is 1.